The number of rotatable bonds is 6. The monoisotopic (exact) mass is 470 g/mol. The summed E-state index contributed by atoms with van der Waals surface area (Å²) in [5.74, 6) is -1.24. The average Bonchev–Trinajstić information content (AvgIpc) is 3.16. The molecule has 0 saturated carbocycles. The molecule has 178 valence electrons. The molecule has 1 heterocycles. The number of hydrogen-bond acceptors (Lipinski definition) is 5. The summed E-state index contributed by atoms with van der Waals surface area (Å²) < 4.78 is 1.45. The Morgan fingerprint density at radius 1 is 0.971 bits per heavy atom. The summed E-state index contributed by atoms with van der Waals surface area (Å²) >= 11 is 0. The number of aromatic amines is 1. The minimum Gasteiger partial charge on any atom is -0.505 e. The molecule has 3 N–H and O–H groups in total. The normalized spacial score (nSPS) is 11.5. The number of hydrogen-bond donors (Lipinski definition) is 3. The second-order valence-electron chi connectivity index (χ2n) is 8.70. The highest BCUT2D eigenvalue weighted by Crippen LogP contribution is 2.38. The zero-order valence-electron chi connectivity index (χ0n) is 19.9. The first-order valence-electron chi connectivity index (χ1n) is 11.2. The molecule has 0 radical (unpaired) electrons. The first-order valence-corrected chi connectivity index (χ1v) is 11.2. The van der Waals surface area contributed by atoms with Crippen LogP contribution in [-0.4, -0.2) is 26.0 Å². The Labute approximate surface area is 202 Å². The predicted octanol–water partition coefficient (Wildman–Crippen LogP) is 6.39. The number of nitrogens with zero attached hydrogens (tertiary/aromatic N) is 3. The van der Waals surface area contributed by atoms with Crippen LogP contribution in [0.5, 0.6) is 5.75 Å². The number of H-pyrrole nitrogens is 1. The molecule has 8 heteroatoms. The van der Waals surface area contributed by atoms with Gasteiger partial charge in [-0.2, -0.15) is 0 Å². The van der Waals surface area contributed by atoms with Crippen molar-refractivity contribution in [3.63, 3.8) is 0 Å². The van der Waals surface area contributed by atoms with E-state index in [2.05, 4.69) is 15.3 Å². The molecule has 0 bridgehead atoms. The Balaban J connectivity index is 1.76. The third-order valence-electron chi connectivity index (χ3n) is 5.91. The fraction of sp³-hybridized carbons (Fsp3) is 0.185. The molecule has 0 aliphatic rings. The zero-order valence-corrected chi connectivity index (χ0v) is 19.9. The standard InChI is InChI=1S/C27H26N4O4/c1-15(2)23-24(26(33)31(30-23)20-12-11-16(3)17(4)13-20)29-28-22-10-6-9-21(25(22)32)18-7-5-8-19(14-18)27(34)35/h5-15,30,32H,1-4H3,(H,34,35). The van der Waals surface area contributed by atoms with E-state index >= 15 is 0 Å². The highest BCUT2D eigenvalue weighted by Gasteiger charge is 2.19. The summed E-state index contributed by atoms with van der Waals surface area (Å²) in [6.07, 6.45) is 0. The van der Waals surface area contributed by atoms with Crippen LogP contribution in [0.2, 0.25) is 0 Å². The van der Waals surface area contributed by atoms with Crippen molar-refractivity contribution in [2.45, 2.75) is 33.6 Å². The number of aryl methyl sites for hydroxylation is 2. The van der Waals surface area contributed by atoms with E-state index in [9.17, 15) is 19.8 Å². The van der Waals surface area contributed by atoms with Crippen LogP contribution in [0.1, 0.15) is 46.9 Å². The highest BCUT2D eigenvalue weighted by atomic mass is 16.4. The van der Waals surface area contributed by atoms with Gasteiger partial charge in [-0.05, 0) is 66.8 Å². The van der Waals surface area contributed by atoms with Gasteiger partial charge in [0.25, 0.3) is 5.56 Å². The van der Waals surface area contributed by atoms with E-state index in [0.717, 1.165) is 11.1 Å². The SMILES string of the molecule is Cc1ccc(-n2[nH]c(C(C)C)c(N=Nc3cccc(-c4cccc(C(=O)O)c4)c3O)c2=O)cc1C. The van der Waals surface area contributed by atoms with E-state index in [1.165, 1.54) is 16.8 Å². The summed E-state index contributed by atoms with van der Waals surface area (Å²) in [5, 5.41) is 31.7. The average molecular weight is 471 g/mol. The van der Waals surface area contributed by atoms with E-state index < -0.39 is 5.97 Å². The predicted molar refractivity (Wildman–Crippen MR) is 135 cm³/mol. The first-order chi connectivity index (χ1) is 16.7. The molecular weight excluding hydrogens is 444 g/mol. The van der Waals surface area contributed by atoms with Crippen molar-refractivity contribution in [2.75, 3.05) is 0 Å². The van der Waals surface area contributed by atoms with Crippen molar-refractivity contribution in [3.8, 4) is 22.6 Å². The number of benzene rings is 3. The minimum absolute atomic E-state index is 0.0249. The van der Waals surface area contributed by atoms with Gasteiger partial charge in [-0.15, -0.1) is 10.2 Å². The Hall–Kier alpha value is -4.46. The lowest BCUT2D eigenvalue weighted by atomic mass is 10.0. The molecule has 0 saturated heterocycles. The first kappa shape index (κ1) is 23.7. The van der Waals surface area contributed by atoms with Crippen LogP contribution in [0.3, 0.4) is 0 Å². The Bertz CT molecular complexity index is 1510. The number of carbonyl (C=O) groups is 1. The lowest BCUT2D eigenvalue weighted by Crippen LogP contribution is -2.14. The molecule has 0 unspecified atom stereocenters. The van der Waals surface area contributed by atoms with Crippen molar-refractivity contribution in [1.82, 2.24) is 9.78 Å². The van der Waals surface area contributed by atoms with Crippen LogP contribution in [-0.2, 0) is 0 Å². The summed E-state index contributed by atoms with van der Waals surface area (Å²) in [6, 6.07) is 16.9. The van der Waals surface area contributed by atoms with Crippen LogP contribution in [0.4, 0.5) is 11.4 Å². The lowest BCUT2D eigenvalue weighted by Gasteiger charge is -2.07. The zero-order chi connectivity index (χ0) is 25.3. The molecule has 0 atom stereocenters. The number of azo groups is 1. The fourth-order valence-corrected chi connectivity index (χ4v) is 3.76. The number of nitrogens with one attached hydrogen (secondary N) is 1. The molecule has 0 aliphatic heterocycles. The van der Waals surface area contributed by atoms with Crippen molar-refractivity contribution >= 4 is 17.3 Å². The summed E-state index contributed by atoms with van der Waals surface area (Å²) in [4.78, 5) is 24.6. The van der Waals surface area contributed by atoms with Crippen molar-refractivity contribution in [3.05, 3.63) is 93.4 Å². The third-order valence-corrected chi connectivity index (χ3v) is 5.91. The molecule has 0 aliphatic carbocycles. The second-order valence-corrected chi connectivity index (χ2v) is 8.70. The summed E-state index contributed by atoms with van der Waals surface area (Å²) in [6.45, 7) is 7.89. The Kier molecular flexibility index (Phi) is 6.38. The molecular formula is C27H26N4O4. The molecule has 35 heavy (non-hydrogen) atoms. The van der Waals surface area contributed by atoms with Crippen molar-refractivity contribution in [2.24, 2.45) is 10.2 Å². The maximum absolute atomic E-state index is 13.2. The van der Waals surface area contributed by atoms with Crippen molar-refractivity contribution in [1.29, 1.82) is 0 Å². The maximum Gasteiger partial charge on any atom is 0.335 e. The van der Waals surface area contributed by atoms with Gasteiger partial charge in [-0.25, -0.2) is 9.48 Å². The number of phenols is 1. The van der Waals surface area contributed by atoms with Crippen molar-refractivity contribution < 1.29 is 15.0 Å². The number of carboxylic acids is 1. The highest BCUT2D eigenvalue weighted by molar-refractivity contribution is 5.90. The quantitative estimate of drug-likeness (QED) is 0.283. The maximum atomic E-state index is 13.2. The summed E-state index contributed by atoms with van der Waals surface area (Å²) in [7, 11) is 0. The Morgan fingerprint density at radius 3 is 2.40 bits per heavy atom. The molecule has 4 aromatic rings. The van der Waals surface area contributed by atoms with E-state index in [1.807, 2.05) is 45.9 Å². The minimum atomic E-state index is -1.06. The van der Waals surface area contributed by atoms with Gasteiger partial charge in [0.05, 0.1) is 16.9 Å². The molecule has 0 amide bonds. The summed E-state index contributed by atoms with van der Waals surface area (Å²) in [5.41, 5.74) is 4.55. The van der Waals surface area contributed by atoms with Gasteiger partial charge < -0.3 is 10.2 Å². The Morgan fingerprint density at radius 2 is 1.71 bits per heavy atom. The number of phenolic OH excluding ortho intramolecular Hbond substituents is 1. The number of carboxylic acid groups (broad SMARTS) is 1. The molecule has 0 spiro atoms. The molecule has 8 nitrogen and oxygen atoms in total. The van der Waals surface area contributed by atoms with Gasteiger partial charge >= 0.3 is 5.97 Å². The number of para-hydroxylation sites is 1. The van der Waals surface area contributed by atoms with Gasteiger partial charge in [-0.1, -0.05) is 44.2 Å². The smallest absolute Gasteiger partial charge is 0.335 e. The van der Waals surface area contributed by atoms with Crippen LogP contribution in [0.25, 0.3) is 16.8 Å². The van der Waals surface area contributed by atoms with Gasteiger partial charge in [-0.3, -0.25) is 9.89 Å². The second kappa shape index (κ2) is 9.42. The largest absolute Gasteiger partial charge is 0.505 e. The molecule has 4 rings (SSSR count). The van der Waals surface area contributed by atoms with Crippen LogP contribution < -0.4 is 5.56 Å². The van der Waals surface area contributed by atoms with E-state index in [0.29, 0.717) is 22.5 Å². The van der Waals surface area contributed by atoms with Crippen LogP contribution in [0.15, 0.2) is 75.7 Å². The van der Waals surface area contributed by atoms with Gasteiger partial charge in [0.15, 0.2) is 11.4 Å². The topological polar surface area (TPSA) is 120 Å². The van der Waals surface area contributed by atoms with Crippen LogP contribution >= 0.6 is 0 Å². The lowest BCUT2D eigenvalue weighted by molar-refractivity contribution is 0.0697. The number of aromatic nitrogens is 2. The number of aromatic carboxylic acids is 1. The molecule has 3 aromatic carbocycles. The van der Waals surface area contributed by atoms with Gasteiger partial charge in [0.2, 0.25) is 0 Å². The fourth-order valence-electron chi connectivity index (χ4n) is 3.76. The molecule has 0 fully saturated rings. The van der Waals surface area contributed by atoms with E-state index in [1.54, 1.807) is 30.3 Å². The van der Waals surface area contributed by atoms with E-state index in [-0.39, 0.29) is 34.2 Å². The van der Waals surface area contributed by atoms with Crippen LogP contribution in [0, 0.1) is 13.8 Å². The van der Waals surface area contributed by atoms with Gasteiger partial charge in [0.1, 0.15) is 5.69 Å². The third kappa shape index (κ3) is 4.63. The van der Waals surface area contributed by atoms with Gasteiger partial charge in [0, 0.05) is 5.56 Å². The molecule has 1 aromatic heterocycles. The van der Waals surface area contributed by atoms with E-state index in [4.69, 9.17) is 0 Å². The number of aromatic hydroxyl groups is 1.